The number of carbonyl (C=O) groups is 1. The lowest BCUT2D eigenvalue weighted by Gasteiger charge is -2.43. The van der Waals surface area contributed by atoms with Gasteiger partial charge in [-0.1, -0.05) is 56.1 Å². The number of ether oxygens (including phenoxy) is 1. The van der Waals surface area contributed by atoms with Crippen LogP contribution < -0.4 is 0 Å². The lowest BCUT2D eigenvalue weighted by Crippen LogP contribution is -2.48. The lowest BCUT2D eigenvalue weighted by molar-refractivity contribution is -0.161. The molecule has 3 rings (SSSR count). The predicted molar refractivity (Wildman–Crippen MR) is 102 cm³/mol. The van der Waals surface area contributed by atoms with Crippen molar-refractivity contribution in [1.82, 2.24) is 4.90 Å². The van der Waals surface area contributed by atoms with Crippen LogP contribution in [0.3, 0.4) is 0 Å². The maximum atomic E-state index is 12.5. The van der Waals surface area contributed by atoms with Crippen molar-refractivity contribution in [3.63, 3.8) is 0 Å². The topological polar surface area (TPSA) is 29.5 Å². The Hall–Kier alpha value is -1.17. The molecule has 3 nitrogen and oxygen atoms in total. The first-order chi connectivity index (χ1) is 11.5. The molecule has 1 heterocycles. The SMILES string of the molecule is CC(C)N1C(=O)CO[C@H](c2ccc(Br)cc2)[C@@H]1c1ccc(Br)cc1. The number of nitrogens with zero attached hydrogens (tertiary/aromatic N) is 1. The van der Waals surface area contributed by atoms with Crippen LogP contribution in [0.25, 0.3) is 0 Å². The number of amides is 1. The van der Waals surface area contributed by atoms with Crippen LogP contribution in [0.5, 0.6) is 0 Å². The van der Waals surface area contributed by atoms with E-state index in [1.807, 2.05) is 43.0 Å². The van der Waals surface area contributed by atoms with Crippen molar-refractivity contribution in [2.24, 2.45) is 0 Å². The molecule has 0 bridgehead atoms. The fourth-order valence-electron chi connectivity index (χ4n) is 3.16. The summed E-state index contributed by atoms with van der Waals surface area (Å²) in [6.45, 7) is 4.22. The number of carbonyl (C=O) groups excluding carboxylic acids is 1. The number of hydrogen-bond acceptors (Lipinski definition) is 2. The van der Waals surface area contributed by atoms with Gasteiger partial charge < -0.3 is 9.64 Å². The first kappa shape index (κ1) is 17.6. The quantitative estimate of drug-likeness (QED) is 0.635. The van der Waals surface area contributed by atoms with Gasteiger partial charge in [0.1, 0.15) is 12.7 Å². The van der Waals surface area contributed by atoms with Crippen molar-refractivity contribution in [2.75, 3.05) is 6.61 Å². The van der Waals surface area contributed by atoms with Gasteiger partial charge in [-0.3, -0.25) is 4.79 Å². The Morgan fingerprint density at radius 1 is 0.958 bits per heavy atom. The third-order valence-electron chi connectivity index (χ3n) is 4.23. The number of rotatable bonds is 3. The number of hydrogen-bond donors (Lipinski definition) is 0. The highest BCUT2D eigenvalue weighted by molar-refractivity contribution is 9.10. The smallest absolute Gasteiger partial charge is 0.249 e. The second-order valence-electron chi connectivity index (χ2n) is 6.17. The molecule has 0 saturated carbocycles. The van der Waals surface area contributed by atoms with Gasteiger partial charge in [0.05, 0.1) is 6.04 Å². The van der Waals surface area contributed by atoms with Crippen LogP contribution >= 0.6 is 31.9 Å². The third-order valence-corrected chi connectivity index (χ3v) is 5.28. The molecule has 1 aliphatic heterocycles. The summed E-state index contributed by atoms with van der Waals surface area (Å²) in [5.41, 5.74) is 2.15. The van der Waals surface area contributed by atoms with Crippen molar-refractivity contribution in [1.29, 1.82) is 0 Å². The Balaban J connectivity index is 2.06. The van der Waals surface area contributed by atoms with E-state index in [4.69, 9.17) is 4.74 Å². The molecule has 1 aliphatic rings. The standard InChI is InChI=1S/C19H19Br2NO2/c1-12(2)22-17(23)11-24-19(14-5-9-16(21)10-6-14)18(22)13-3-7-15(20)8-4-13/h3-10,12,18-19H,11H2,1-2H3/t18-,19+/m0/s1. The molecule has 0 N–H and O–H groups in total. The fraction of sp³-hybridized carbons (Fsp3) is 0.316. The molecule has 5 heteroatoms. The van der Waals surface area contributed by atoms with Crippen molar-refractivity contribution >= 4 is 37.8 Å². The molecule has 0 radical (unpaired) electrons. The maximum absolute atomic E-state index is 12.5. The van der Waals surface area contributed by atoms with Crippen molar-refractivity contribution in [2.45, 2.75) is 32.0 Å². The van der Waals surface area contributed by atoms with E-state index < -0.39 is 0 Å². The Kier molecular flexibility index (Phi) is 5.42. The minimum absolute atomic E-state index is 0.0336. The van der Waals surface area contributed by atoms with Crippen LogP contribution in [0.15, 0.2) is 57.5 Å². The lowest BCUT2D eigenvalue weighted by atomic mass is 9.92. The van der Waals surface area contributed by atoms with E-state index >= 15 is 0 Å². The molecule has 126 valence electrons. The van der Waals surface area contributed by atoms with Gasteiger partial charge in [-0.25, -0.2) is 0 Å². The van der Waals surface area contributed by atoms with Gasteiger partial charge in [0.2, 0.25) is 5.91 Å². The van der Waals surface area contributed by atoms with Crippen LogP contribution in [0.2, 0.25) is 0 Å². The molecule has 0 spiro atoms. The molecule has 2 aromatic rings. The summed E-state index contributed by atoms with van der Waals surface area (Å²) < 4.78 is 8.02. The Morgan fingerprint density at radius 2 is 1.46 bits per heavy atom. The third kappa shape index (κ3) is 3.58. The molecular formula is C19H19Br2NO2. The van der Waals surface area contributed by atoms with E-state index in [0.717, 1.165) is 20.1 Å². The molecular weight excluding hydrogens is 434 g/mol. The summed E-state index contributed by atoms with van der Waals surface area (Å²) in [4.78, 5) is 14.4. The summed E-state index contributed by atoms with van der Waals surface area (Å²) in [6, 6.07) is 16.2. The van der Waals surface area contributed by atoms with Gasteiger partial charge in [0.25, 0.3) is 0 Å². The van der Waals surface area contributed by atoms with Crippen molar-refractivity contribution < 1.29 is 9.53 Å². The largest absolute Gasteiger partial charge is 0.361 e. The summed E-state index contributed by atoms with van der Waals surface area (Å²) in [6.07, 6.45) is -0.181. The zero-order valence-electron chi connectivity index (χ0n) is 13.6. The van der Waals surface area contributed by atoms with Crippen LogP contribution in [-0.2, 0) is 9.53 Å². The zero-order chi connectivity index (χ0) is 17.3. The minimum Gasteiger partial charge on any atom is -0.361 e. The van der Waals surface area contributed by atoms with E-state index in [1.165, 1.54) is 0 Å². The summed E-state index contributed by atoms with van der Waals surface area (Å²) in [5, 5.41) is 0. The number of benzene rings is 2. The Morgan fingerprint density at radius 3 is 1.96 bits per heavy atom. The fourth-order valence-corrected chi connectivity index (χ4v) is 3.69. The average molecular weight is 453 g/mol. The van der Waals surface area contributed by atoms with Crippen LogP contribution in [-0.4, -0.2) is 23.5 Å². The van der Waals surface area contributed by atoms with E-state index in [9.17, 15) is 4.79 Å². The average Bonchev–Trinajstić information content (AvgIpc) is 2.56. The molecule has 2 atom stereocenters. The molecule has 2 aromatic carbocycles. The summed E-state index contributed by atoms with van der Waals surface area (Å²) in [7, 11) is 0. The van der Waals surface area contributed by atoms with E-state index in [1.54, 1.807) is 0 Å². The highest BCUT2D eigenvalue weighted by Crippen LogP contribution is 2.41. The van der Waals surface area contributed by atoms with E-state index in [-0.39, 0.29) is 30.7 Å². The van der Waals surface area contributed by atoms with Crippen molar-refractivity contribution in [3.8, 4) is 0 Å². The first-order valence-corrected chi connectivity index (χ1v) is 9.49. The van der Waals surface area contributed by atoms with E-state index in [2.05, 4.69) is 56.1 Å². The molecule has 0 aromatic heterocycles. The van der Waals surface area contributed by atoms with Gasteiger partial charge in [0.15, 0.2) is 0 Å². The van der Waals surface area contributed by atoms with Crippen molar-refractivity contribution in [3.05, 3.63) is 68.6 Å². The Labute approximate surface area is 159 Å². The predicted octanol–water partition coefficient (Wildman–Crippen LogP) is 5.26. The van der Waals surface area contributed by atoms with Gasteiger partial charge >= 0.3 is 0 Å². The second kappa shape index (κ2) is 7.38. The van der Waals surface area contributed by atoms with Gasteiger partial charge in [0, 0.05) is 15.0 Å². The van der Waals surface area contributed by atoms with Gasteiger partial charge in [-0.15, -0.1) is 0 Å². The summed E-state index contributed by atoms with van der Waals surface area (Å²) in [5.74, 6) is 0.0336. The number of halogens is 2. The van der Waals surface area contributed by atoms with Crippen LogP contribution in [0, 0.1) is 0 Å². The highest BCUT2D eigenvalue weighted by atomic mass is 79.9. The molecule has 0 unspecified atom stereocenters. The molecule has 24 heavy (non-hydrogen) atoms. The molecule has 1 saturated heterocycles. The minimum atomic E-state index is -0.181. The first-order valence-electron chi connectivity index (χ1n) is 7.91. The maximum Gasteiger partial charge on any atom is 0.249 e. The normalized spacial score (nSPS) is 21.4. The highest BCUT2D eigenvalue weighted by Gasteiger charge is 2.39. The van der Waals surface area contributed by atoms with Crippen LogP contribution in [0.1, 0.15) is 37.1 Å². The van der Waals surface area contributed by atoms with Gasteiger partial charge in [-0.05, 0) is 49.2 Å². The van der Waals surface area contributed by atoms with Gasteiger partial charge in [-0.2, -0.15) is 0 Å². The Bertz CT molecular complexity index is 713. The second-order valence-corrected chi connectivity index (χ2v) is 8.01. The van der Waals surface area contributed by atoms with Crippen LogP contribution in [0.4, 0.5) is 0 Å². The summed E-state index contributed by atoms with van der Waals surface area (Å²) >= 11 is 6.95. The molecule has 1 fully saturated rings. The monoisotopic (exact) mass is 451 g/mol. The zero-order valence-corrected chi connectivity index (χ0v) is 16.7. The number of morpholine rings is 1. The van der Waals surface area contributed by atoms with E-state index in [0.29, 0.717) is 0 Å². The molecule has 0 aliphatic carbocycles. The molecule has 1 amide bonds.